The Hall–Kier alpha value is -3.62. The second kappa shape index (κ2) is 6.45. The first-order chi connectivity index (χ1) is 14.7. The van der Waals surface area contributed by atoms with Gasteiger partial charge in [0.05, 0.1) is 5.39 Å². The molecule has 1 aliphatic carbocycles. The number of hydrogen-bond acceptors (Lipinski definition) is 7. The fourth-order valence-corrected chi connectivity index (χ4v) is 4.52. The third-order valence-electron chi connectivity index (χ3n) is 6.05. The first-order valence-corrected chi connectivity index (χ1v) is 9.80. The molecule has 30 heavy (non-hydrogen) atoms. The van der Waals surface area contributed by atoms with Crippen LogP contribution in [-0.2, 0) is 6.54 Å². The van der Waals surface area contributed by atoms with E-state index in [0.29, 0.717) is 34.6 Å². The fraction of sp³-hybridized carbons (Fsp3) is 0.286. The van der Waals surface area contributed by atoms with E-state index in [2.05, 4.69) is 25.0 Å². The average Bonchev–Trinajstić information content (AvgIpc) is 3.10. The van der Waals surface area contributed by atoms with Crippen molar-refractivity contribution < 1.29 is 8.91 Å². The van der Waals surface area contributed by atoms with Gasteiger partial charge in [-0.3, -0.25) is 9.36 Å². The van der Waals surface area contributed by atoms with Gasteiger partial charge in [0.25, 0.3) is 5.56 Å². The van der Waals surface area contributed by atoms with Crippen LogP contribution < -0.4 is 10.5 Å². The number of pyridine rings is 1. The summed E-state index contributed by atoms with van der Waals surface area (Å²) in [6.45, 7) is 1.87. The molecule has 0 spiro atoms. The highest BCUT2D eigenvalue weighted by atomic mass is 19.1. The Morgan fingerprint density at radius 1 is 1.13 bits per heavy atom. The molecule has 6 rings (SSSR count). The van der Waals surface area contributed by atoms with Crippen molar-refractivity contribution in [2.75, 3.05) is 18.0 Å². The van der Waals surface area contributed by atoms with Gasteiger partial charge in [-0.1, -0.05) is 11.2 Å². The number of benzene rings is 1. The minimum absolute atomic E-state index is 0.168. The Balaban J connectivity index is 1.16. The molecule has 3 aromatic heterocycles. The van der Waals surface area contributed by atoms with Gasteiger partial charge in [-0.2, -0.15) is 4.98 Å². The van der Waals surface area contributed by atoms with Crippen LogP contribution in [-0.4, -0.2) is 37.8 Å². The zero-order valence-corrected chi connectivity index (χ0v) is 15.8. The maximum atomic E-state index is 13.5. The molecule has 150 valence electrons. The zero-order valence-electron chi connectivity index (χ0n) is 15.8. The van der Waals surface area contributed by atoms with Crippen LogP contribution in [0.3, 0.4) is 0 Å². The van der Waals surface area contributed by atoms with Crippen LogP contribution in [0.1, 0.15) is 17.6 Å². The Bertz CT molecular complexity index is 1310. The molecule has 3 atom stereocenters. The van der Waals surface area contributed by atoms with Gasteiger partial charge < -0.3 is 9.42 Å². The topological polar surface area (TPSA) is 89.9 Å². The van der Waals surface area contributed by atoms with Crippen molar-refractivity contribution in [1.29, 1.82) is 0 Å². The van der Waals surface area contributed by atoms with Crippen molar-refractivity contribution in [2.24, 2.45) is 11.8 Å². The molecule has 1 saturated carbocycles. The molecule has 9 heteroatoms. The Morgan fingerprint density at radius 3 is 2.83 bits per heavy atom. The molecule has 2 fully saturated rings. The molecule has 1 saturated heterocycles. The Labute approximate surface area is 170 Å². The molecule has 0 amide bonds. The van der Waals surface area contributed by atoms with Crippen LogP contribution in [0.2, 0.25) is 0 Å². The summed E-state index contributed by atoms with van der Waals surface area (Å²) in [5.41, 5.74) is 1.13. The molecule has 4 aromatic rings. The number of halogens is 1. The minimum atomic E-state index is -0.221. The number of rotatable bonds is 4. The van der Waals surface area contributed by atoms with E-state index >= 15 is 0 Å². The second-order valence-corrected chi connectivity index (χ2v) is 7.84. The standard InChI is InChI=1S/C21H17FN6O2/c22-12-3-1-4-13(7-12)27-8-15-16(9-27)18(15)20-25-17(30-26-20)10-28-11-24-19-14(21(28)29)5-2-6-23-19/h1-7,11,15-16,18H,8-10H2/t15-,16+,18-. The molecule has 8 nitrogen and oxygen atoms in total. The van der Waals surface area contributed by atoms with E-state index in [9.17, 15) is 9.18 Å². The van der Waals surface area contributed by atoms with Gasteiger partial charge in [-0.25, -0.2) is 14.4 Å². The number of piperidine rings is 1. The van der Waals surface area contributed by atoms with Crippen molar-refractivity contribution in [3.63, 3.8) is 0 Å². The van der Waals surface area contributed by atoms with Gasteiger partial charge in [0, 0.05) is 30.9 Å². The van der Waals surface area contributed by atoms with Crippen LogP contribution in [0.15, 0.2) is 58.2 Å². The molecule has 4 heterocycles. The lowest BCUT2D eigenvalue weighted by atomic mass is 10.2. The van der Waals surface area contributed by atoms with Crippen LogP contribution in [0.4, 0.5) is 10.1 Å². The predicted molar refractivity (Wildman–Crippen MR) is 106 cm³/mol. The Kier molecular flexibility index (Phi) is 3.71. The zero-order chi connectivity index (χ0) is 20.2. The number of anilines is 1. The third-order valence-corrected chi connectivity index (χ3v) is 6.05. The van der Waals surface area contributed by atoms with Gasteiger partial charge in [0.15, 0.2) is 11.5 Å². The minimum Gasteiger partial charge on any atom is -0.371 e. The smallest absolute Gasteiger partial charge is 0.263 e. The van der Waals surface area contributed by atoms with E-state index in [1.54, 1.807) is 30.5 Å². The number of hydrogen-bond donors (Lipinski definition) is 0. The first-order valence-electron chi connectivity index (χ1n) is 9.80. The molecule has 1 aromatic carbocycles. The van der Waals surface area contributed by atoms with Gasteiger partial charge in [0.2, 0.25) is 5.89 Å². The summed E-state index contributed by atoms with van der Waals surface area (Å²) < 4.78 is 20.3. The lowest BCUT2D eigenvalue weighted by molar-refractivity contribution is 0.363. The van der Waals surface area contributed by atoms with E-state index in [1.165, 1.54) is 17.0 Å². The van der Waals surface area contributed by atoms with Gasteiger partial charge in [-0.15, -0.1) is 0 Å². The van der Waals surface area contributed by atoms with Crippen LogP contribution in [0.25, 0.3) is 11.0 Å². The van der Waals surface area contributed by atoms with Gasteiger partial charge in [-0.05, 0) is 42.2 Å². The predicted octanol–water partition coefficient (Wildman–Crippen LogP) is 2.21. The lowest BCUT2D eigenvalue weighted by Crippen LogP contribution is -2.23. The quantitative estimate of drug-likeness (QED) is 0.515. The summed E-state index contributed by atoms with van der Waals surface area (Å²) in [6, 6.07) is 10.1. The molecule has 2 aliphatic rings. The fourth-order valence-electron chi connectivity index (χ4n) is 4.52. The summed E-state index contributed by atoms with van der Waals surface area (Å²) in [7, 11) is 0. The van der Waals surface area contributed by atoms with E-state index in [-0.39, 0.29) is 23.8 Å². The molecule has 0 N–H and O–H groups in total. The number of fused-ring (bicyclic) bond motifs is 2. The summed E-state index contributed by atoms with van der Waals surface area (Å²) in [5, 5.41) is 4.60. The second-order valence-electron chi connectivity index (χ2n) is 7.84. The molecule has 0 bridgehead atoms. The summed E-state index contributed by atoms with van der Waals surface area (Å²) in [5.74, 6) is 1.97. The largest absolute Gasteiger partial charge is 0.371 e. The molecular weight excluding hydrogens is 387 g/mol. The molecular formula is C21H17FN6O2. The maximum Gasteiger partial charge on any atom is 0.263 e. The van der Waals surface area contributed by atoms with E-state index in [0.717, 1.165) is 18.8 Å². The van der Waals surface area contributed by atoms with Crippen molar-refractivity contribution in [3.05, 3.63) is 76.8 Å². The monoisotopic (exact) mass is 404 g/mol. The van der Waals surface area contributed by atoms with E-state index in [1.807, 2.05) is 6.07 Å². The number of nitrogens with zero attached hydrogens (tertiary/aromatic N) is 6. The van der Waals surface area contributed by atoms with Crippen molar-refractivity contribution in [1.82, 2.24) is 24.7 Å². The normalized spacial score (nSPS) is 22.4. The Morgan fingerprint density at radius 2 is 2.00 bits per heavy atom. The van der Waals surface area contributed by atoms with Crippen LogP contribution in [0, 0.1) is 17.7 Å². The first kappa shape index (κ1) is 17.3. The van der Waals surface area contributed by atoms with E-state index in [4.69, 9.17) is 4.52 Å². The molecule has 1 aliphatic heterocycles. The number of aromatic nitrogens is 5. The van der Waals surface area contributed by atoms with Gasteiger partial charge in [0.1, 0.15) is 18.7 Å². The van der Waals surface area contributed by atoms with Gasteiger partial charge >= 0.3 is 0 Å². The van der Waals surface area contributed by atoms with Crippen LogP contribution in [0.5, 0.6) is 0 Å². The van der Waals surface area contributed by atoms with Crippen molar-refractivity contribution >= 4 is 16.7 Å². The van der Waals surface area contributed by atoms with Crippen LogP contribution >= 0.6 is 0 Å². The van der Waals surface area contributed by atoms with E-state index < -0.39 is 0 Å². The highest BCUT2D eigenvalue weighted by Crippen LogP contribution is 2.57. The average molecular weight is 404 g/mol. The van der Waals surface area contributed by atoms with Crippen molar-refractivity contribution in [3.8, 4) is 0 Å². The summed E-state index contributed by atoms with van der Waals surface area (Å²) in [6.07, 6.45) is 3.05. The SMILES string of the molecule is O=c1c2cccnc2ncn1Cc1nc([C@@H]2[C@@H]3CN(c4cccc(F)c4)C[C@@H]32)no1. The summed E-state index contributed by atoms with van der Waals surface area (Å²) >= 11 is 0. The lowest BCUT2D eigenvalue weighted by Gasteiger charge is -2.21. The highest BCUT2D eigenvalue weighted by molar-refractivity contribution is 5.72. The maximum absolute atomic E-state index is 13.5. The highest BCUT2D eigenvalue weighted by Gasteiger charge is 2.58. The molecule has 0 radical (unpaired) electrons. The summed E-state index contributed by atoms with van der Waals surface area (Å²) in [4.78, 5) is 27.6. The third kappa shape index (κ3) is 2.77. The molecule has 0 unspecified atom stereocenters. The van der Waals surface area contributed by atoms with Crippen molar-refractivity contribution in [2.45, 2.75) is 12.5 Å².